The highest BCUT2D eigenvalue weighted by molar-refractivity contribution is 9.10. The third-order valence-electron chi connectivity index (χ3n) is 1.87. The fourth-order valence-corrected chi connectivity index (χ4v) is 1.52. The Morgan fingerprint density at radius 2 is 2.21 bits per heavy atom. The number of amides is 1. The monoisotopic (exact) mass is 255 g/mol. The van der Waals surface area contributed by atoms with Gasteiger partial charge in [-0.3, -0.25) is 4.79 Å². The third-order valence-corrected chi connectivity index (χ3v) is 2.56. The normalized spacial score (nSPS) is 9.93. The molecule has 0 heterocycles. The second kappa shape index (κ2) is 5.15. The minimum Gasteiger partial charge on any atom is -0.325 e. The van der Waals surface area contributed by atoms with Crippen molar-refractivity contribution < 1.29 is 4.79 Å². The lowest BCUT2D eigenvalue weighted by molar-refractivity contribution is -0.116. The number of hydrogen-bond acceptors (Lipinski definition) is 1. The Kier molecular flexibility index (Phi) is 4.14. The Labute approximate surface area is 92.8 Å². The quantitative estimate of drug-likeness (QED) is 0.881. The van der Waals surface area contributed by atoms with Crippen LogP contribution >= 0.6 is 15.9 Å². The second-order valence-corrected chi connectivity index (χ2v) is 4.14. The van der Waals surface area contributed by atoms with Crippen LogP contribution in [-0.2, 0) is 4.79 Å². The summed E-state index contributed by atoms with van der Waals surface area (Å²) in [6.07, 6.45) is 1.44. The van der Waals surface area contributed by atoms with Crippen molar-refractivity contribution in [1.82, 2.24) is 0 Å². The third kappa shape index (κ3) is 3.14. The van der Waals surface area contributed by atoms with Gasteiger partial charge in [-0.25, -0.2) is 0 Å². The van der Waals surface area contributed by atoms with Gasteiger partial charge < -0.3 is 5.32 Å². The van der Waals surface area contributed by atoms with Crippen molar-refractivity contribution in [3.63, 3.8) is 0 Å². The Bertz CT molecular complexity index is 336. The van der Waals surface area contributed by atoms with Crippen LogP contribution in [0.15, 0.2) is 22.7 Å². The first kappa shape index (κ1) is 11.2. The summed E-state index contributed by atoms with van der Waals surface area (Å²) >= 11 is 3.40. The van der Waals surface area contributed by atoms with E-state index in [1.165, 1.54) is 0 Å². The molecular formula is C11H14BrNO. The summed E-state index contributed by atoms with van der Waals surface area (Å²) in [5.41, 5.74) is 1.99. The number of aryl methyl sites for hydroxylation is 1. The van der Waals surface area contributed by atoms with Crippen LogP contribution in [0.3, 0.4) is 0 Å². The molecule has 1 aromatic carbocycles. The molecule has 3 heteroatoms. The number of rotatable bonds is 3. The number of anilines is 1. The summed E-state index contributed by atoms with van der Waals surface area (Å²) in [5, 5.41) is 2.87. The zero-order valence-corrected chi connectivity index (χ0v) is 10.0. The van der Waals surface area contributed by atoms with E-state index in [9.17, 15) is 4.79 Å². The summed E-state index contributed by atoms with van der Waals surface area (Å²) in [4.78, 5) is 11.3. The van der Waals surface area contributed by atoms with Crippen LogP contribution in [0.5, 0.6) is 0 Å². The van der Waals surface area contributed by atoms with E-state index in [0.717, 1.165) is 22.1 Å². The average molecular weight is 256 g/mol. The Balaban J connectivity index is 2.75. The summed E-state index contributed by atoms with van der Waals surface area (Å²) in [5.74, 6) is 0.0683. The van der Waals surface area contributed by atoms with Crippen LogP contribution in [0.25, 0.3) is 0 Å². The number of carbonyl (C=O) groups is 1. The summed E-state index contributed by atoms with van der Waals surface area (Å²) < 4.78 is 0.924. The van der Waals surface area contributed by atoms with Crippen molar-refractivity contribution in [1.29, 1.82) is 0 Å². The van der Waals surface area contributed by atoms with Crippen LogP contribution in [0.1, 0.15) is 25.3 Å². The molecule has 0 aliphatic carbocycles. The molecule has 0 radical (unpaired) electrons. The average Bonchev–Trinajstić information content (AvgIpc) is 2.12. The van der Waals surface area contributed by atoms with Crippen molar-refractivity contribution in [2.24, 2.45) is 0 Å². The predicted molar refractivity (Wildman–Crippen MR) is 62.4 cm³/mol. The predicted octanol–water partition coefficient (Wildman–Crippen LogP) is 3.50. The highest BCUT2D eigenvalue weighted by Crippen LogP contribution is 2.23. The van der Waals surface area contributed by atoms with Crippen LogP contribution < -0.4 is 5.32 Å². The van der Waals surface area contributed by atoms with E-state index in [4.69, 9.17) is 0 Å². The van der Waals surface area contributed by atoms with Gasteiger partial charge in [-0.15, -0.1) is 0 Å². The molecule has 1 N–H and O–H groups in total. The van der Waals surface area contributed by atoms with E-state index in [-0.39, 0.29) is 5.91 Å². The van der Waals surface area contributed by atoms with Gasteiger partial charge in [-0.2, -0.15) is 0 Å². The molecule has 0 aliphatic rings. The lowest BCUT2D eigenvalue weighted by atomic mass is 10.2. The maximum atomic E-state index is 11.3. The molecule has 14 heavy (non-hydrogen) atoms. The molecule has 0 aromatic heterocycles. The summed E-state index contributed by atoms with van der Waals surface area (Å²) in [6, 6.07) is 5.90. The van der Waals surface area contributed by atoms with Gasteiger partial charge in [0.05, 0.1) is 5.69 Å². The van der Waals surface area contributed by atoms with E-state index < -0.39 is 0 Å². The largest absolute Gasteiger partial charge is 0.325 e. The van der Waals surface area contributed by atoms with Gasteiger partial charge in [0.15, 0.2) is 0 Å². The zero-order valence-electron chi connectivity index (χ0n) is 8.43. The number of nitrogens with one attached hydrogen (secondary N) is 1. The van der Waals surface area contributed by atoms with Crippen LogP contribution in [-0.4, -0.2) is 5.91 Å². The molecule has 0 unspecified atom stereocenters. The Morgan fingerprint density at radius 1 is 1.50 bits per heavy atom. The molecule has 1 rings (SSSR count). The molecule has 0 fully saturated rings. The lowest BCUT2D eigenvalue weighted by Gasteiger charge is -2.07. The fourth-order valence-electron chi connectivity index (χ4n) is 1.17. The molecular weight excluding hydrogens is 242 g/mol. The first-order chi connectivity index (χ1) is 6.63. The maximum absolute atomic E-state index is 11.3. The molecule has 0 bridgehead atoms. The maximum Gasteiger partial charge on any atom is 0.224 e. The Morgan fingerprint density at radius 3 is 2.86 bits per heavy atom. The smallest absolute Gasteiger partial charge is 0.224 e. The van der Waals surface area contributed by atoms with Crippen molar-refractivity contribution in [2.45, 2.75) is 26.7 Å². The number of carbonyl (C=O) groups excluding carboxylic acids is 1. The van der Waals surface area contributed by atoms with E-state index in [2.05, 4.69) is 21.2 Å². The van der Waals surface area contributed by atoms with E-state index in [0.29, 0.717) is 6.42 Å². The highest BCUT2D eigenvalue weighted by atomic mass is 79.9. The van der Waals surface area contributed by atoms with Crippen LogP contribution in [0.2, 0.25) is 0 Å². The van der Waals surface area contributed by atoms with Gasteiger partial charge in [0.1, 0.15) is 0 Å². The van der Waals surface area contributed by atoms with Gasteiger partial charge in [0, 0.05) is 10.9 Å². The van der Waals surface area contributed by atoms with E-state index in [1.807, 2.05) is 32.0 Å². The topological polar surface area (TPSA) is 29.1 Å². The second-order valence-electron chi connectivity index (χ2n) is 3.28. The molecule has 0 atom stereocenters. The number of benzene rings is 1. The first-order valence-corrected chi connectivity index (χ1v) is 5.48. The van der Waals surface area contributed by atoms with E-state index in [1.54, 1.807) is 0 Å². The molecule has 1 amide bonds. The van der Waals surface area contributed by atoms with Gasteiger partial charge >= 0.3 is 0 Å². The molecule has 0 saturated heterocycles. The van der Waals surface area contributed by atoms with Gasteiger partial charge in [0.2, 0.25) is 5.91 Å². The summed E-state index contributed by atoms with van der Waals surface area (Å²) in [7, 11) is 0. The Hall–Kier alpha value is -0.830. The van der Waals surface area contributed by atoms with Crippen molar-refractivity contribution >= 4 is 27.5 Å². The minimum atomic E-state index is 0.0683. The highest BCUT2D eigenvalue weighted by Gasteiger charge is 2.04. The van der Waals surface area contributed by atoms with Crippen molar-refractivity contribution in [2.75, 3.05) is 5.32 Å². The van der Waals surface area contributed by atoms with Crippen molar-refractivity contribution in [3.8, 4) is 0 Å². The number of hydrogen-bond donors (Lipinski definition) is 1. The summed E-state index contributed by atoms with van der Waals surface area (Å²) in [6.45, 7) is 3.99. The molecule has 0 spiro atoms. The SMILES string of the molecule is CCCC(=O)Nc1cc(C)ccc1Br. The first-order valence-electron chi connectivity index (χ1n) is 4.69. The van der Waals surface area contributed by atoms with Crippen LogP contribution in [0, 0.1) is 6.92 Å². The van der Waals surface area contributed by atoms with E-state index >= 15 is 0 Å². The van der Waals surface area contributed by atoms with Gasteiger partial charge in [-0.05, 0) is 47.0 Å². The standard InChI is InChI=1S/C11H14BrNO/c1-3-4-11(14)13-10-7-8(2)5-6-9(10)12/h5-7H,3-4H2,1-2H3,(H,13,14). The molecule has 0 aliphatic heterocycles. The molecule has 1 aromatic rings. The molecule has 0 saturated carbocycles. The zero-order chi connectivity index (χ0) is 10.6. The lowest BCUT2D eigenvalue weighted by Crippen LogP contribution is -2.11. The fraction of sp³-hybridized carbons (Fsp3) is 0.364. The van der Waals surface area contributed by atoms with Gasteiger partial charge in [0.25, 0.3) is 0 Å². The van der Waals surface area contributed by atoms with Crippen molar-refractivity contribution in [3.05, 3.63) is 28.2 Å². The molecule has 76 valence electrons. The number of halogens is 1. The van der Waals surface area contributed by atoms with Crippen LogP contribution in [0.4, 0.5) is 5.69 Å². The molecule has 2 nitrogen and oxygen atoms in total. The minimum absolute atomic E-state index is 0.0683. The van der Waals surface area contributed by atoms with Gasteiger partial charge in [-0.1, -0.05) is 13.0 Å².